The van der Waals surface area contributed by atoms with Crippen molar-refractivity contribution >= 4 is 5.97 Å². The first-order valence-corrected chi connectivity index (χ1v) is 10.7. The van der Waals surface area contributed by atoms with E-state index in [9.17, 15) is 9.90 Å². The number of hydrogen-bond donors (Lipinski definition) is 1. The molecule has 1 aliphatic heterocycles. The van der Waals surface area contributed by atoms with Crippen LogP contribution in [0.5, 0.6) is 0 Å². The number of aliphatic hydroxyl groups is 1. The quantitative estimate of drug-likeness (QED) is 0.569. The molecule has 1 spiro atoms. The summed E-state index contributed by atoms with van der Waals surface area (Å²) in [5, 5.41) is 10.8. The zero-order chi connectivity index (χ0) is 18.5. The molecule has 1 N–H and O–H groups in total. The van der Waals surface area contributed by atoms with Gasteiger partial charge in [-0.1, -0.05) is 13.8 Å². The molecule has 0 unspecified atom stereocenters. The summed E-state index contributed by atoms with van der Waals surface area (Å²) in [4.78, 5) is 11.6. The number of hydrogen-bond acceptors (Lipinski definition) is 4. The number of carbonyl (C=O) groups excluding carboxylic acids is 1. The molecule has 4 nitrogen and oxygen atoms in total. The van der Waals surface area contributed by atoms with Gasteiger partial charge in [0.25, 0.3) is 0 Å². The van der Waals surface area contributed by atoms with Gasteiger partial charge in [0, 0.05) is 17.8 Å². The molecule has 9 atom stereocenters. The Morgan fingerprint density at radius 3 is 2.50 bits per heavy atom. The molecule has 0 aromatic rings. The zero-order valence-corrected chi connectivity index (χ0v) is 16.7. The maximum atomic E-state index is 11.6. The molecule has 4 saturated carbocycles. The van der Waals surface area contributed by atoms with Crippen molar-refractivity contribution in [2.75, 3.05) is 0 Å². The summed E-state index contributed by atoms with van der Waals surface area (Å²) in [5.41, 5.74) is -0.373. The summed E-state index contributed by atoms with van der Waals surface area (Å²) in [6.07, 6.45) is 8.98. The highest BCUT2D eigenvalue weighted by Crippen LogP contribution is 2.74. The Morgan fingerprint density at radius 1 is 1.00 bits per heavy atom. The summed E-state index contributed by atoms with van der Waals surface area (Å²) >= 11 is 0. The van der Waals surface area contributed by atoms with E-state index in [2.05, 4.69) is 13.8 Å². The molecule has 26 heavy (non-hydrogen) atoms. The van der Waals surface area contributed by atoms with Crippen LogP contribution in [0.25, 0.3) is 0 Å². The Hall–Kier alpha value is -0.610. The van der Waals surface area contributed by atoms with Crippen molar-refractivity contribution in [1.29, 1.82) is 0 Å². The Bertz CT molecular complexity index is 644. The van der Waals surface area contributed by atoms with E-state index in [-0.39, 0.29) is 34.6 Å². The third kappa shape index (κ3) is 1.96. The molecule has 146 valence electrons. The van der Waals surface area contributed by atoms with Crippen LogP contribution in [0.4, 0.5) is 0 Å². The van der Waals surface area contributed by atoms with E-state index in [4.69, 9.17) is 9.47 Å². The van der Waals surface area contributed by atoms with E-state index in [0.29, 0.717) is 11.8 Å². The molecule has 5 aliphatic rings. The van der Waals surface area contributed by atoms with Crippen LogP contribution in [0.15, 0.2) is 0 Å². The Kier molecular flexibility index (Phi) is 3.40. The SMILES string of the molecule is CC(=O)O[C@H]1CC[C@H]2[C@@H]3CC[C@]45O[C@H]4[C@](C)(O)CC[C@]5(C)[C@H]3CC[C@]12C. The highest BCUT2D eigenvalue weighted by atomic mass is 16.6. The van der Waals surface area contributed by atoms with Gasteiger partial charge >= 0.3 is 5.97 Å². The lowest BCUT2D eigenvalue weighted by Crippen LogP contribution is -2.60. The molecular weight excluding hydrogens is 328 g/mol. The number of esters is 1. The summed E-state index contributed by atoms with van der Waals surface area (Å²) in [5.74, 6) is 1.95. The highest BCUT2D eigenvalue weighted by molar-refractivity contribution is 5.66. The first-order valence-electron chi connectivity index (χ1n) is 10.7. The average Bonchev–Trinajstić information content (AvgIpc) is 3.24. The number of carbonyl (C=O) groups is 1. The number of ether oxygens (including phenoxy) is 2. The fourth-order valence-corrected chi connectivity index (χ4v) is 8.28. The summed E-state index contributed by atoms with van der Waals surface area (Å²) in [7, 11) is 0. The molecule has 0 radical (unpaired) electrons. The van der Waals surface area contributed by atoms with Crippen LogP contribution in [-0.4, -0.2) is 34.5 Å². The normalized spacial score (nSPS) is 60.3. The first-order chi connectivity index (χ1) is 12.1. The van der Waals surface area contributed by atoms with Crippen LogP contribution in [-0.2, 0) is 14.3 Å². The van der Waals surface area contributed by atoms with Crippen molar-refractivity contribution in [1.82, 2.24) is 0 Å². The summed E-state index contributed by atoms with van der Waals surface area (Å²) in [6, 6.07) is 0. The fraction of sp³-hybridized carbons (Fsp3) is 0.955. The maximum absolute atomic E-state index is 11.6. The third-order valence-corrected chi connectivity index (χ3v) is 9.70. The highest BCUT2D eigenvalue weighted by Gasteiger charge is 2.78. The van der Waals surface area contributed by atoms with Crippen molar-refractivity contribution < 1.29 is 19.4 Å². The topological polar surface area (TPSA) is 59.1 Å². The van der Waals surface area contributed by atoms with Gasteiger partial charge in [-0.05, 0) is 76.0 Å². The second-order valence-electron chi connectivity index (χ2n) is 10.8. The minimum atomic E-state index is -0.649. The van der Waals surface area contributed by atoms with Crippen molar-refractivity contribution in [3.05, 3.63) is 0 Å². The van der Waals surface area contributed by atoms with Crippen LogP contribution in [0.1, 0.15) is 79.1 Å². The Balaban J connectivity index is 1.44. The van der Waals surface area contributed by atoms with Crippen LogP contribution < -0.4 is 0 Å². The molecular formula is C22H34O4. The molecule has 5 fully saturated rings. The zero-order valence-electron chi connectivity index (χ0n) is 16.7. The molecule has 1 heterocycles. The minimum absolute atomic E-state index is 0.0420. The van der Waals surface area contributed by atoms with Gasteiger partial charge in [-0.15, -0.1) is 0 Å². The van der Waals surface area contributed by atoms with Crippen LogP contribution >= 0.6 is 0 Å². The fourth-order valence-electron chi connectivity index (χ4n) is 8.28. The largest absolute Gasteiger partial charge is 0.462 e. The minimum Gasteiger partial charge on any atom is -0.462 e. The van der Waals surface area contributed by atoms with Gasteiger partial charge in [-0.2, -0.15) is 0 Å². The summed E-state index contributed by atoms with van der Waals surface area (Å²) in [6.45, 7) is 8.35. The van der Waals surface area contributed by atoms with Crippen molar-refractivity contribution in [2.24, 2.45) is 28.6 Å². The van der Waals surface area contributed by atoms with Gasteiger partial charge in [0.05, 0.1) is 5.60 Å². The first kappa shape index (κ1) is 17.5. The number of epoxide rings is 1. The Morgan fingerprint density at radius 2 is 1.77 bits per heavy atom. The van der Waals surface area contributed by atoms with E-state index in [1.54, 1.807) is 6.92 Å². The average molecular weight is 363 g/mol. The van der Waals surface area contributed by atoms with Gasteiger partial charge in [0.15, 0.2) is 0 Å². The van der Waals surface area contributed by atoms with E-state index >= 15 is 0 Å². The van der Waals surface area contributed by atoms with E-state index in [0.717, 1.165) is 38.0 Å². The standard InChI is InChI=1S/C22H34O4/c1-13(23)25-17-6-5-15-14-7-10-22-18(26-22)21(4,24)12-11-20(22,3)16(14)8-9-19(15,17)2/h14-18,24H,5-12H2,1-4H3/t14-,15-,16-,17-,18-,19-,20+,21+,22-/m0/s1. The molecule has 4 aliphatic carbocycles. The molecule has 4 heteroatoms. The van der Waals surface area contributed by atoms with E-state index in [1.807, 2.05) is 6.92 Å². The van der Waals surface area contributed by atoms with Crippen LogP contribution in [0, 0.1) is 28.6 Å². The van der Waals surface area contributed by atoms with E-state index in [1.165, 1.54) is 19.3 Å². The molecule has 0 aromatic heterocycles. The second-order valence-corrected chi connectivity index (χ2v) is 10.8. The van der Waals surface area contributed by atoms with Crippen LogP contribution in [0.2, 0.25) is 0 Å². The molecule has 5 rings (SSSR count). The van der Waals surface area contributed by atoms with Crippen molar-refractivity contribution in [3.8, 4) is 0 Å². The van der Waals surface area contributed by atoms with Gasteiger partial charge in [-0.3, -0.25) is 4.79 Å². The molecule has 1 saturated heterocycles. The smallest absolute Gasteiger partial charge is 0.302 e. The molecule has 0 bridgehead atoms. The lowest BCUT2D eigenvalue weighted by molar-refractivity contribution is -0.162. The number of rotatable bonds is 1. The maximum Gasteiger partial charge on any atom is 0.302 e. The predicted molar refractivity (Wildman–Crippen MR) is 97.4 cm³/mol. The van der Waals surface area contributed by atoms with Crippen molar-refractivity contribution in [2.45, 2.75) is 102 Å². The van der Waals surface area contributed by atoms with Gasteiger partial charge in [0.1, 0.15) is 17.8 Å². The van der Waals surface area contributed by atoms with Crippen molar-refractivity contribution in [3.63, 3.8) is 0 Å². The lowest BCUT2D eigenvalue weighted by Gasteiger charge is -2.60. The van der Waals surface area contributed by atoms with Gasteiger partial charge in [0.2, 0.25) is 0 Å². The van der Waals surface area contributed by atoms with Crippen LogP contribution in [0.3, 0.4) is 0 Å². The monoisotopic (exact) mass is 362 g/mol. The van der Waals surface area contributed by atoms with Gasteiger partial charge < -0.3 is 14.6 Å². The summed E-state index contributed by atoms with van der Waals surface area (Å²) < 4.78 is 12.1. The Labute approximate surface area is 157 Å². The predicted octanol–water partition coefficient (Wildman–Crippen LogP) is 3.84. The lowest BCUT2D eigenvalue weighted by atomic mass is 9.44. The molecule has 0 amide bonds. The molecule has 0 aromatic carbocycles. The van der Waals surface area contributed by atoms with E-state index < -0.39 is 5.60 Å². The third-order valence-electron chi connectivity index (χ3n) is 9.70. The number of fused-ring (bicyclic) bond motifs is 4. The van der Waals surface area contributed by atoms with Gasteiger partial charge in [-0.25, -0.2) is 0 Å². The second kappa shape index (κ2) is 5.05.